The lowest BCUT2D eigenvalue weighted by atomic mass is 9.89. The quantitative estimate of drug-likeness (QED) is 0.940. The molecule has 1 aliphatic rings. The van der Waals surface area contributed by atoms with Crippen LogP contribution in [0, 0.1) is 0 Å². The van der Waals surface area contributed by atoms with Gasteiger partial charge in [-0.25, -0.2) is 0 Å². The van der Waals surface area contributed by atoms with Crippen LogP contribution in [-0.2, 0) is 12.8 Å². The van der Waals surface area contributed by atoms with Crippen LogP contribution in [0.4, 0.5) is 6.01 Å². The van der Waals surface area contributed by atoms with Crippen LogP contribution in [0.3, 0.4) is 0 Å². The third-order valence-electron chi connectivity index (χ3n) is 3.65. The monoisotopic (exact) mass is 284 g/mol. The van der Waals surface area contributed by atoms with Gasteiger partial charge in [0.1, 0.15) is 6.26 Å². The molecule has 0 saturated heterocycles. The zero-order valence-electron chi connectivity index (χ0n) is 11.8. The number of nitrogens with zero attached hydrogens (tertiary/aromatic N) is 1. The smallest absolute Gasteiger partial charge is 0.301 e. The molecular formula is C16H16N2O3. The number of nitrogens with one attached hydrogen (secondary N) is 1. The van der Waals surface area contributed by atoms with Crippen LogP contribution in [-0.4, -0.2) is 16.7 Å². The fraction of sp³-hybridized carbons (Fsp3) is 0.312. The number of anilines is 1. The van der Waals surface area contributed by atoms with Gasteiger partial charge in [0.2, 0.25) is 0 Å². The maximum atomic E-state index is 12.2. The number of amides is 1. The van der Waals surface area contributed by atoms with E-state index in [-0.39, 0.29) is 17.7 Å². The van der Waals surface area contributed by atoms with E-state index in [4.69, 9.17) is 4.42 Å². The summed E-state index contributed by atoms with van der Waals surface area (Å²) in [6.45, 7) is 1.96. The third-order valence-corrected chi connectivity index (χ3v) is 3.65. The van der Waals surface area contributed by atoms with Crippen molar-refractivity contribution in [1.29, 1.82) is 0 Å². The Balaban J connectivity index is 1.80. The largest absolute Gasteiger partial charge is 0.432 e. The average Bonchev–Trinajstić information content (AvgIpc) is 2.95. The minimum Gasteiger partial charge on any atom is -0.432 e. The van der Waals surface area contributed by atoms with Gasteiger partial charge in [0.15, 0.2) is 5.78 Å². The first-order valence-corrected chi connectivity index (χ1v) is 7.09. The molecular weight excluding hydrogens is 268 g/mol. The van der Waals surface area contributed by atoms with Crippen LogP contribution < -0.4 is 5.32 Å². The highest BCUT2D eigenvalue weighted by Crippen LogP contribution is 2.22. The lowest BCUT2D eigenvalue weighted by molar-refractivity contribution is 0.0969. The van der Waals surface area contributed by atoms with Crippen molar-refractivity contribution in [3.05, 3.63) is 46.8 Å². The van der Waals surface area contributed by atoms with Crippen LogP contribution in [0.15, 0.2) is 28.9 Å². The van der Waals surface area contributed by atoms with Gasteiger partial charge in [-0.3, -0.25) is 14.9 Å². The highest BCUT2D eigenvalue weighted by atomic mass is 16.4. The fourth-order valence-corrected chi connectivity index (χ4v) is 2.48. The first kappa shape index (κ1) is 13.5. The Hall–Kier alpha value is -2.43. The number of oxazole rings is 1. The van der Waals surface area contributed by atoms with Crippen LogP contribution in [0.1, 0.15) is 51.7 Å². The molecule has 1 N–H and O–H groups in total. The molecule has 108 valence electrons. The van der Waals surface area contributed by atoms with E-state index < -0.39 is 0 Å². The van der Waals surface area contributed by atoms with Crippen molar-refractivity contribution in [2.75, 3.05) is 5.32 Å². The molecule has 0 saturated carbocycles. The normalized spacial score (nSPS) is 13.9. The molecule has 1 aromatic carbocycles. The molecule has 1 amide bonds. The number of rotatable bonds is 3. The second-order valence-electron chi connectivity index (χ2n) is 5.10. The van der Waals surface area contributed by atoms with Crippen molar-refractivity contribution >= 4 is 17.7 Å². The minimum atomic E-state index is -0.277. The predicted octanol–water partition coefficient (Wildman–Crippen LogP) is 3.01. The topological polar surface area (TPSA) is 72.2 Å². The Kier molecular flexibility index (Phi) is 3.56. The summed E-state index contributed by atoms with van der Waals surface area (Å²) in [5.41, 5.74) is 2.99. The number of hydrogen-bond donors (Lipinski definition) is 1. The standard InChI is InChI=1S/C16H16N2O3/c1-2-12-9-21-16(17-12)18-15(20)11-6-7-13-10(8-11)4-3-5-14(13)19/h6-9H,2-5H2,1H3,(H,17,18,20). The number of carbonyl (C=O) groups excluding carboxylic acids is 2. The predicted molar refractivity (Wildman–Crippen MR) is 77.5 cm³/mol. The van der Waals surface area contributed by atoms with Crippen LogP contribution in [0.5, 0.6) is 0 Å². The number of carbonyl (C=O) groups is 2. The number of fused-ring (bicyclic) bond motifs is 1. The maximum Gasteiger partial charge on any atom is 0.301 e. The molecule has 21 heavy (non-hydrogen) atoms. The number of benzene rings is 1. The third kappa shape index (κ3) is 2.72. The number of hydrogen-bond acceptors (Lipinski definition) is 4. The van der Waals surface area contributed by atoms with Gasteiger partial charge in [0.05, 0.1) is 5.69 Å². The lowest BCUT2D eigenvalue weighted by Gasteiger charge is -2.15. The van der Waals surface area contributed by atoms with E-state index in [0.717, 1.165) is 36.1 Å². The number of aromatic nitrogens is 1. The van der Waals surface area contributed by atoms with Crippen LogP contribution >= 0.6 is 0 Å². The van der Waals surface area contributed by atoms with Gasteiger partial charge in [-0.1, -0.05) is 13.0 Å². The van der Waals surface area contributed by atoms with Gasteiger partial charge in [0.25, 0.3) is 5.91 Å². The number of Topliss-reactive ketones (excluding diaryl/α,β-unsaturated/α-hetero) is 1. The van der Waals surface area contributed by atoms with Crippen molar-refractivity contribution in [3.63, 3.8) is 0 Å². The van der Waals surface area contributed by atoms with E-state index in [1.54, 1.807) is 18.2 Å². The summed E-state index contributed by atoms with van der Waals surface area (Å²) in [7, 11) is 0. The zero-order chi connectivity index (χ0) is 14.8. The number of ketones is 1. The van der Waals surface area contributed by atoms with Crippen molar-refractivity contribution in [1.82, 2.24) is 4.98 Å². The molecule has 3 rings (SSSR count). The molecule has 0 atom stereocenters. The Morgan fingerprint density at radius 2 is 2.24 bits per heavy atom. The Morgan fingerprint density at radius 1 is 1.38 bits per heavy atom. The number of aryl methyl sites for hydroxylation is 2. The highest BCUT2D eigenvalue weighted by Gasteiger charge is 2.19. The van der Waals surface area contributed by atoms with Gasteiger partial charge in [-0.2, -0.15) is 4.98 Å². The highest BCUT2D eigenvalue weighted by molar-refractivity contribution is 6.05. The lowest BCUT2D eigenvalue weighted by Crippen LogP contribution is -2.15. The van der Waals surface area contributed by atoms with Crippen molar-refractivity contribution in [3.8, 4) is 0 Å². The summed E-state index contributed by atoms with van der Waals surface area (Å²) in [6, 6.07) is 5.39. The van der Waals surface area contributed by atoms with Gasteiger partial charge >= 0.3 is 6.01 Å². The molecule has 0 bridgehead atoms. The Morgan fingerprint density at radius 3 is 3.00 bits per heavy atom. The zero-order valence-corrected chi connectivity index (χ0v) is 11.8. The molecule has 0 spiro atoms. The average molecular weight is 284 g/mol. The minimum absolute atomic E-state index is 0.156. The molecule has 5 nitrogen and oxygen atoms in total. The van der Waals surface area contributed by atoms with Crippen LogP contribution in [0.25, 0.3) is 0 Å². The molecule has 0 unspecified atom stereocenters. The summed E-state index contributed by atoms with van der Waals surface area (Å²) in [6.07, 6.45) is 4.55. The van der Waals surface area contributed by atoms with Gasteiger partial charge < -0.3 is 4.42 Å². The van der Waals surface area contributed by atoms with Gasteiger partial charge in [-0.05, 0) is 37.0 Å². The molecule has 5 heteroatoms. The van der Waals surface area contributed by atoms with Crippen molar-refractivity contribution in [2.24, 2.45) is 0 Å². The van der Waals surface area contributed by atoms with E-state index in [1.807, 2.05) is 6.92 Å². The second kappa shape index (κ2) is 5.52. The second-order valence-corrected chi connectivity index (χ2v) is 5.10. The SMILES string of the molecule is CCc1coc(NC(=O)c2ccc3c(c2)CCCC3=O)n1. The summed E-state index contributed by atoms with van der Waals surface area (Å²) in [5, 5.41) is 2.63. The summed E-state index contributed by atoms with van der Waals surface area (Å²) in [5.74, 6) is -0.121. The maximum absolute atomic E-state index is 12.2. The molecule has 0 aliphatic heterocycles. The van der Waals surface area contributed by atoms with E-state index in [9.17, 15) is 9.59 Å². The molecule has 1 aromatic heterocycles. The van der Waals surface area contributed by atoms with E-state index >= 15 is 0 Å². The van der Waals surface area contributed by atoms with E-state index in [2.05, 4.69) is 10.3 Å². The molecule has 0 radical (unpaired) electrons. The molecule has 0 fully saturated rings. The van der Waals surface area contributed by atoms with Gasteiger partial charge in [0, 0.05) is 17.5 Å². The summed E-state index contributed by atoms with van der Waals surface area (Å²) in [4.78, 5) is 28.1. The van der Waals surface area contributed by atoms with Crippen molar-refractivity contribution in [2.45, 2.75) is 32.6 Å². The van der Waals surface area contributed by atoms with E-state index in [0.29, 0.717) is 12.0 Å². The molecule has 2 aromatic rings. The van der Waals surface area contributed by atoms with E-state index in [1.165, 1.54) is 6.26 Å². The molecule has 1 aliphatic carbocycles. The molecule has 1 heterocycles. The Bertz CT molecular complexity index is 703. The first-order valence-electron chi connectivity index (χ1n) is 7.09. The first-order chi connectivity index (χ1) is 10.2. The summed E-state index contributed by atoms with van der Waals surface area (Å²) < 4.78 is 5.18. The van der Waals surface area contributed by atoms with Crippen LogP contribution in [0.2, 0.25) is 0 Å². The summed E-state index contributed by atoms with van der Waals surface area (Å²) >= 11 is 0. The van der Waals surface area contributed by atoms with Crippen molar-refractivity contribution < 1.29 is 14.0 Å². The fourth-order valence-electron chi connectivity index (χ4n) is 2.48. The Labute approximate surface area is 122 Å². The van der Waals surface area contributed by atoms with Gasteiger partial charge in [-0.15, -0.1) is 0 Å².